The van der Waals surface area contributed by atoms with Gasteiger partial charge < -0.3 is 0 Å². The first-order valence-corrected chi connectivity index (χ1v) is 10.5. The molecule has 0 saturated carbocycles. The highest BCUT2D eigenvalue weighted by Crippen LogP contribution is 2.22. The van der Waals surface area contributed by atoms with Crippen LogP contribution >= 0.6 is 0 Å². The fourth-order valence-corrected chi connectivity index (χ4v) is 4.55. The average molecular weight is 366 g/mol. The third-order valence-electron chi connectivity index (χ3n) is 3.50. The van der Waals surface area contributed by atoms with Gasteiger partial charge in [-0.05, 0) is 38.5 Å². The van der Waals surface area contributed by atoms with Gasteiger partial charge in [0.25, 0.3) is 0 Å². The van der Waals surface area contributed by atoms with Crippen LogP contribution in [0.5, 0.6) is 0 Å². The first-order valence-electron chi connectivity index (χ1n) is 7.71. The molecule has 0 aliphatic rings. The van der Waals surface area contributed by atoms with Crippen LogP contribution in [0.4, 0.5) is 0 Å². The first kappa shape index (κ1) is 18.8. The second-order valence-corrected chi connectivity index (χ2v) is 10.6. The Labute approximate surface area is 146 Å². The number of benzene rings is 2. The van der Waals surface area contributed by atoms with E-state index in [9.17, 15) is 12.6 Å². The van der Waals surface area contributed by atoms with Gasteiger partial charge in [-0.1, -0.05) is 48.5 Å². The summed E-state index contributed by atoms with van der Waals surface area (Å²) in [5.41, 5.74) is 0.801. The Morgan fingerprint density at radius 2 is 1.46 bits per heavy atom. The van der Waals surface area contributed by atoms with E-state index in [0.29, 0.717) is 0 Å². The highest BCUT2D eigenvalue weighted by Gasteiger charge is 2.27. The van der Waals surface area contributed by atoms with Gasteiger partial charge in [-0.15, -0.1) is 0 Å². The van der Waals surface area contributed by atoms with Crippen molar-refractivity contribution in [3.8, 4) is 0 Å². The molecule has 24 heavy (non-hydrogen) atoms. The minimum atomic E-state index is -3.50. The van der Waals surface area contributed by atoms with Gasteiger partial charge in [0.15, 0.2) is 9.84 Å². The summed E-state index contributed by atoms with van der Waals surface area (Å²) in [7, 11) is -4.87. The van der Waals surface area contributed by atoms with Crippen LogP contribution in [0.1, 0.15) is 32.4 Å². The summed E-state index contributed by atoms with van der Waals surface area (Å²) in [6.45, 7) is 5.55. The lowest BCUT2D eigenvalue weighted by Crippen LogP contribution is -2.38. The molecule has 0 aliphatic heterocycles. The first-order chi connectivity index (χ1) is 11.2. The maximum atomic E-state index is 12.7. The number of hydrogen-bond acceptors (Lipinski definition) is 3. The molecule has 2 atom stereocenters. The average Bonchev–Trinajstić information content (AvgIpc) is 2.55. The van der Waals surface area contributed by atoms with E-state index in [4.69, 9.17) is 0 Å². The number of nitrogens with one attached hydrogen (secondary N) is 1. The number of hydrogen-bond donors (Lipinski definition) is 1. The van der Waals surface area contributed by atoms with E-state index >= 15 is 0 Å². The molecule has 1 unspecified atom stereocenters. The molecule has 0 saturated heterocycles. The monoisotopic (exact) mass is 365 g/mol. The summed E-state index contributed by atoms with van der Waals surface area (Å²) in [5, 5.41) is 0. The van der Waals surface area contributed by atoms with Crippen LogP contribution in [0.2, 0.25) is 0 Å². The van der Waals surface area contributed by atoms with Crippen LogP contribution < -0.4 is 4.72 Å². The molecule has 2 aromatic rings. The lowest BCUT2D eigenvalue weighted by molar-refractivity contribution is 0.579. The molecule has 130 valence electrons. The molecule has 2 aromatic carbocycles. The largest absolute Gasteiger partial charge is 0.242 e. The van der Waals surface area contributed by atoms with Gasteiger partial charge in [0.05, 0.1) is 32.4 Å². The zero-order valence-electron chi connectivity index (χ0n) is 14.1. The molecule has 0 fully saturated rings. The molecule has 0 spiro atoms. The maximum Gasteiger partial charge on any atom is 0.180 e. The molecule has 4 nitrogen and oxygen atoms in total. The van der Waals surface area contributed by atoms with Gasteiger partial charge in [-0.2, -0.15) is 0 Å². The maximum absolute atomic E-state index is 12.7. The van der Waals surface area contributed by atoms with Crippen LogP contribution in [0.15, 0.2) is 65.6 Å². The van der Waals surface area contributed by atoms with E-state index in [1.165, 1.54) is 0 Å². The quantitative estimate of drug-likeness (QED) is 0.855. The SMILES string of the molecule is CC(C)(C)S(=O)N[C@@H](CS(=O)(=O)c1ccccc1)c1ccccc1. The van der Waals surface area contributed by atoms with E-state index in [-0.39, 0.29) is 10.6 Å². The van der Waals surface area contributed by atoms with Crippen molar-refractivity contribution in [3.05, 3.63) is 66.2 Å². The molecule has 0 heterocycles. The Balaban J connectivity index is 2.32. The smallest absolute Gasteiger partial charge is 0.180 e. The van der Waals surface area contributed by atoms with Crippen LogP contribution in [-0.2, 0) is 20.8 Å². The van der Waals surface area contributed by atoms with Gasteiger partial charge in [0.2, 0.25) is 0 Å². The third-order valence-corrected chi connectivity index (χ3v) is 6.87. The Bertz CT molecular complexity index is 782. The Hall–Kier alpha value is -1.50. The van der Waals surface area contributed by atoms with Crippen molar-refractivity contribution in [2.45, 2.75) is 36.5 Å². The van der Waals surface area contributed by atoms with E-state index < -0.39 is 31.6 Å². The molecular formula is C18H23NO3S2. The molecule has 0 amide bonds. The molecule has 0 bridgehead atoms. The fraction of sp³-hybridized carbons (Fsp3) is 0.333. The van der Waals surface area contributed by atoms with Crippen molar-refractivity contribution in [1.82, 2.24) is 4.72 Å². The van der Waals surface area contributed by atoms with Crippen LogP contribution in [-0.4, -0.2) is 23.1 Å². The molecule has 0 aromatic heterocycles. The standard InChI is InChI=1S/C18H23NO3S2/c1-18(2,3)23(20)19-17(15-10-6-4-7-11-15)14-24(21,22)16-12-8-5-9-13-16/h4-13,17,19H,14H2,1-3H3/t17-,23?/m0/s1. The van der Waals surface area contributed by atoms with E-state index in [2.05, 4.69) is 4.72 Å². The molecule has 1 N–H and O–H groups in total. The zero-order chi connectivity index (χ0) is 17.8. The van der Waals surface area contributed by atoms with Crippen molar-refractivity contribution >= 4 is 20.8 Å². The van der Waals surface area contributed by atoms with Crippen molar-refractivity contribution in [2.75, 3.05) is 5.75 Å². The van der Waals surface area contributed by atoms with Gasteiger partial charge in [-0.25, -0.2) is 17.3 Å². The molecule has 2 rings (SSSR count). The number of rotatable bonds is 6. The van der Waals surface area contributed by atoms with Crippen LogP contribution in [0, 0.1) is 0 Å². The summed E-state index contributed by atoms with van der Waals surface area (Å²) in [4.78, 5) is 0.272. The number of sulfone groups is 1. The topological polar surface area (TPSA) is 63.2 Å². The summed E-state index contributed by atoms with van der Waals surface area (Å²) in [6.07, 6.45) is 0. The lowest BCUT2D eigenvalue weighted by atomic mass is 10.1. The summed E-state index contributed by atoms with van der Waals surface area (Å²) < 4.78 is 40.4. The van der Waals surface area contributed by atoms with Crippen molar-refractivity contribution in [1.29, 1.82) is 0 Å². The Morgan fingerprint density at radius 1 is 0.958 bits per heavy atom. The third kappa shape index (κ3) is 5.00. The Morgan fingerprint density at radius 3 is 1.96 bits per heavy atom. The minimum absolute atomic E-state index is 0.150. The predicted octanol–water partition coefficient (Wildman–Crippen LogP) is 3.25. The van der Waals surface area contributed by atoms with Crippen molar-refractivity contribution < 1.29 is 12.6 Å². The van der Waals surface area contributed by atoms with Gasteiger partial charge in [0, 0.05) is 0 Å². The van der Waals surface area contributed by atoms with E-state index in [1.54, 1.807) is 30.3 Å². The lowest BCUT2D eigenvalue weighted by Gasteiger charge is -2.24. The second kappa shape index (κ2) is 7.59. The van der Waals surface area contributed by atoms with E-state index in [1.807, 2.05) is 51.1 Å². The van der Waals surface area contributed by atoms with Crippen molar-refractivity contribution in [3.63, 3.8) is 0 Å². The summed E-state index contributed by atoms with van der Waals surface area (Å²) in [6, 6.07) is 17.0. The van der Waals surface area contributed by atoms with Crippen LogP contribution in [0.25, 0.3) is 0 Å². The molecule has 0 aliphatic carbocycles. The van der Waals surface area contributed by atoms with Crippen molar-refractivity contribution in [2.24, 2.45) is 0 Å². The molecule has 6 heteroatoms. The minimum Gasteiger partial charge on any atom is -0.242 e. The van der Waals surface area contributed by atoms with Gasteiger partial charge in [-0.3, -0.25) is 0 Å². The van der Waals surface area contributed by atoms with Gasteiger partial charge >= 0.3 is 0 Å². The normalized spacial score (nSPS) is 15.0. The molecule has 0 radical (unpaired) electrons. The predicted molar refractivity (Wildman–Crippen MR) is 98.7 cm³/mol. The summed E-state index contributed by atoms with van der Waals surface area (Å²) >= 11 is 0. The molecular weight excluding hydrogens is 342 g/mol. The zero-order valence-corrected chi connectivity index (χ0v) is 15.7. The highest BCUT2D eigenvalue weighted by atomic mass is 32.2. The van der Waals surface area contributed by atoms with E-state index in [0.717, 1.165) is 5.56 Å². The fourth-order valence-electron chi connectivity index (χ4n) is 2.13. The highest BCUT2D eigenvalue weighted by molar-refractivity contribution is 7.91. The van der Waals surface area contributed by atoms with Gasteiger partial charge in [0.1, 0.15) is 0 Å². The Kier molecular flexibility index (Phi) is 5.96. The van der Waals surface area contributed by atoms with Crippen LogP contribution in [0.3, 0.4) is 0 Å². The summed E-state index contributed by atoms with van der Waals surface area (Å²) in [5.74, 6) is -0.150. The second-order valence-electron chi connectivity index (χ2n) is 6.56.